The molecule has 326 valence electrons. The zero-order valence-corrected chi connectivity index (χ0v) is 36.6. The Hall–Kier alpha value is -5.46. The number of carbonyl (C=O) groups excluding carboxylic acids is 4. The zero-order chi connectivity index (χ0) is 43.7. The number of pyridine rings is 1. The predicted octanol–water partition coefficient (Wildman–Crippen LogP) is 8.46. The van der Waals surface area contributed by atoms with E-state index < -0.39 is 61.0 Å². The van der Waals surface area contributed by atoms with E-state index in [1.54, 1.807) is 43.5 Å². The van der Waals surface area contributed by atoms with Crippen molar-refractivity contribution in [2.45, 2.75) is 116 Å². The molecule has 1 aromatic heterocycles. The van der Waals surface area contributed by atoms with Crippen molar-refractivity contribution < 1.29 is 47.0 Å². The Morgan fingerprint density at radius 1 is 0.934 bits per heavy atom. The van der Waals surface area contributed by atoms with Crippen LogP contribution in [0.5, 0.6) is 17.2 Å². The number of methoxy groups -OCH3 is 1. The van der Waals surface area contributed by atoms with Crippen molar-refractivity contribution in [1.82, 2.24) is 20.5 Å². The maximum absolute atomic E-state index is 14.9. The molecule has 0 spiro atoms. The first-order chi connectivity index (χ1) is 29.2. The summed E-state index contributed by atoms with van der Waals surface area (Å²) in [6.45, 7) is 8.75. The van der Waals surface area contributed by atoms with Crippen molar-refractivity contribution in [2.24, 2.45) is 5.41 Å². The number of para-hydroxylation sites is 1. The number of carbonyl (C=O) groups is 4. The number of hydrogen-bond donors (Lipinski definition) is 2. The number of nitrogens with one attached hydrogen (secondary N) is 2. The molecule has 1 aliphatic heterocycles. The van der Waals surface area contributed by atoms with Crippen molar-refractivity contribution in [3.63, 3.8) is 0 Å². The molecule has 0 radical (unpaired) electrons. The van der Waals surface area contributed by atoms with Crippen LogP contribution < -0.4 is 24.6 Å². The van der Waals surface area contributed by atoms with Gasteiger partial charge in [-0.05, 0) is 68.7 Å². The average Bonchev–Trinajstić information content (AvgIpc) is 3.92. The Morgan fingerprint density at radius 3 is 2.26 bits per heavy atom. The van der Waals surface area contributed by atoms with Gasteiger partial charge in [-0.1, -0.05) is 82.6 Å². The van der Waals surface area contributed by atoms with Crippen molar-refractivity contribution >= 4 is 42.7 Å². The minimum atomic E-state index is -4.29. The largest absolute Gasteiger partial charge is 0.497 e. The molecule has 1 aliphatic carbocycles. The second-order valence-electron chi connectivity index (χ2n) is 16.7. The summed E-state index contributed by atoms with van der Waals surface area (Å²) < 4.78 is 44.5. The quantitative estimate of drug-likeness (QED) is 0.0771. The molecule has 0 bridgehead atoms. The number of alkyl carbamates (subject to hydrolysis) is 1. The van der Waals surface area contributed by atoms with E-state index in [2.05, 4.69) is 10.6 Å². The molecule has 2 N–H and O–H groups in total. The van der Waals surface area contributed by atoms with Gasteiger partial charge in [-0.3, -0.25) is 14.1 Å². The van der Waals surface area contributed by atoms with Gasteiger partial charge < -0.3 is 39.1 Å². The summed E-state index contributed by atoms with van der Waals surface area (Å²) >= 11 is 0. The van der Waals surface area contributed by atoms with Gasteiger partial charge in [0, 0.05) is 29.5 Å². The second-order valence-corrected chi connectivity index (χ2v) is 18.8. The smallest absolute Gasteiger partial charge is 0.408 e. The second kappa shape index (κ2) is 19.9. The summed E-state index contributed by atoms with van der Waals surface area (Å²) in [7, 11) is -2.71. The van der Waals surface area contributed by atoms with Crippen LogP contribution in [0, 0.1) is 5.41 Å². The van der Waals surface area contributed by atoms with E-state index >= 15 is 0 Å². The van der Waals surface area contributed by atoms with E-state index in [4.69, 9.17) is 28.2 Å². The number of fused-ring (bicyclic) bond motifs is 1. The molecule has 2 aliphatic rings. The highest BCUT2D eigenvalue weighted by molar-refractivity contribution is 7.55. The minimum Gasteiger partial charge on any atom is -0.497 e. The minimum absolute atomic E-state index is 0.0290. The molecule has 2 fully saturated rings. The van der Waals surface area contributed by atoms with Gasteiger partial charge in [-0.25, -0.2) is 14.3 Å². The topological polar surface area (TPSA) is 172 Å². The van der Waals surface area contributed by atoms with Crippen molar-refractivity contribution in [1.29, 1.82) is 0 Å². The van der Waals surface area contributed by atoms with Gasteiger partial charge in [0.1, 0.15) is 59.7 Å². The summed E-state index contributed by atoms with van der Waals surface area (Å²) in [6.07, 6.45) is 1.82. The van der Waals surface area contributed by atoms with E-state index in [1.807, 2.05) is 76.2 Å². The fourth-order valence-electron chi connectivity index (χ4n) is 7.72. The third kappa shape index (κ3) is 11.3. The third-order valence-electron chi connectivity index (χ3n) is 10.9. The number of amides is 3. The van der Waals surface area contributed by atoms with Gasteiger partial charge in [0.05, 0.1) is 24.9 Å². The van der Waals surface area contributed by atoms with Gasteiger partial charge in [-0.2, -0.15) is 0 Å². The molecule has 61 heavy (non-hydrogen) atoms. The Balaban J connectivity index is 1.36. The Kier molecular flexibility index (Phi) is 14.7. The van der Waals surface area contributed by atoms with E-state index in [0.29, 0.717) is 40.8 Å². The molecule has 1 saturated carbocycles. The molecule has 2 unspecified atom stereocenters. The number of benzene rings is 3. The summed E-state index contributed by atoms with van der Waals surface area (Å²) in [5.41, 5.74) is 1.32. The molecule has 2 heterocycles. The van der Waals surface area contributed by atoms with Crippen LogP contribution in [-0.2, 0) is 28.2 Å². The van der Waals surface area contributed by atoms with Crippen LogP contribution in [0.1, 0.15) is 79.6 Å². The van der Waals surface area contributed by atoms with Crippen molar-refractivity contribution in [3.8, 4) is 28.5 Å². The van der Waals surface area contributed by atoms with Crippen LogP contribution in [0.2, 0.25) is 0 Å². The highest BCUT2D eigenvalue weighted by Gasteiger charge is 2.48. The van der Waals surface area contributed by atoms with E-state index in [9.17, 15) is 23.7 Å². The molecule has 4 aromatic rings. The van der Waals surface area contributed by atoms with Crippen LogP contribution >= 0.6 is 7.60 Å². The molecule has 3 amide bonds. The van der Waals surface area contributed by atoms with Crippen LogP contribution in [-0.4, -0.2) is 83.9 Å². The van der Waals surface area contributed by atoms with E-state index in [0.717, 1.165) is 31.2 Å². The number of rotatable bonds is 17. The fraction of sp³-hybridized carbons (Fsp3) is 0.457. The number of nitrogens with zero attached hydrogens (tertiary/aromatic N) is 2. The lowest BCUT2D eigenvalue weighted by molar-refractivity contribution is -0.142. The molecule has 3 aromatic carbocycles. The van der Waals surface area contributed by atoms with Gasteiger partial charge >= 0.3 is 13.7 Å². The zero-order valence-electron chi connectivity index (χ0n) is 35.7. The molecule has 6 rings (SSSR count). The predicted molar refractivity (Wildman–Crippen MR) is 232 cm³/mol. The lowest BCUT2D eigenvalue weighted by Crippen LogP contribution is -2.58. The van der Waals surface area contributed by atoms with Gasteiger partial charge in [0.25, 0.3) is 0 Å². The molecular weight excluding hydrogens is 799 g/mol. The van der Waals surface area contributed by atoms with Crippen LogP contribution in [0.4, 0.5) is 4.79 Å². The maximum Gasteiger partial charge on any atom is 0.408 e. The van der Waals surface area contributed by atoms with Gasteiger partial charge in [0.2, 0.25) is 11.8 Å². The molecule has 14 nitrogen and oxygen atoms in total. The number of aromatic nitrogens is 1. The first-order valence-corrected chi connectivity index (χ1v) is 22.6. The third-order valence-corrected chi connectivity index (χ3v) is 13.1. The van der Waals surface area contributed by atoms with E-state index in [1.165, 1.54) is 11.8 Å². The van der Waals surface area contributed by atoms with Crippen LogP contribution in [0.15, 0.2) is 84.9 Å². The van der Waals surface area contributed by atoms with Crippen molar-refractivity contribution in [2.75, 3.05) is 13.7 Å². The van der Waals surface area contributed by atoms with Crippen LogP contribution in [0.25, 0.3) is 22.2 Å². The number of hydrogen-bond acceptors (Lipinski definition) is 11. The lowest BCUT2D eigenvalue weighted by atomic mass is 9.85. The SMILES string of the molecule is CCCC(NC(=O)[C@@H]1C[C@@H](Oc2cc(-c3ccccc3)nc3cc(OC)ccc23)CN1C(=O)[C@@H](NC(=O)OC1CCCC1)C(C)(C)C)P(=O)(Oc1ccccc1)O[C@@H](C)C=O. The lowest BCUT2D eigenvalue weighted by Gasteiger charge is -2.36. The van der Waals surface area contributed by atoms with Gasteiger partial charge in [-0.15, -0.1) is 0 Å². The molecule has 1 saturated heterocycles. The number of aldehydes is 1. The number of ether oxygens (including phenoxy) is 3. The average molecular weight is 857 g/mol. The first-order valence-electron chi connectivity index (χ1n) is 21.0. The Morgan fingerprint density at radius 2 is 1.62 bits per heavy atom. The highest BCUT2D eigenvalue weighted by atomic mass is 31.2. The summed E-state index contributed by atoms with van der Waals surface area (Å²) in [5, 5.41) is 6.42. The monoisotopic (exact) mass is 856 g/mol. The van der Waals surface area contributed by atoms with Gasteiger partial charge in [0.15, 0.2) is 0 Å². The Labute approximate surface area is 357 Å². The Bertz CT molecular complexity index is 2200. The highest BCUT2D eigenvalue weighted by Crippen LogP contribution is 2.54. The normalized spacial score (nSPS) is 19.3. The molecular formula is C46H57N4O10P. The summed E-state index contributed by atoms with van der Waals surface area (Å²) in [5.74, 6) is -1.03. The summed E-state index contributed by atoms with van der Waals surface area (Å²) in [4.78, 5) is 61.0. The maximum atomic E-state index is 14.9. The molecule has 6 atom stereocenters. The van der Waals surface area contributed by atoms with E-state index in [-0.39, 0.29) is 31.2 Å². The van der Waals surface area contributed by atoms with Crippen LogP contribution in [0.3, 0.4) is 0 Å². The number of likely N-dealkylation sites (tertiary alicyclic amines) is 1. The molecule has 15 heteroatoms. The summed E-state index contributed by atoms with van der Waals surface area (Å²) in [6, 6.07) is 23.1. The first kappa shape index (κ1) is 45.1. The standard InChI is InChI=1S/C46H57N4O10P/c1-7-16-41(61(55,59-30(2)29-51)60-33-21-12-9-13-22-33)48-43(52)39-26-35(28-50(39)44(53)42(46(3,4)5)49-45(54)58-32-19-14-15-20-32)57-40-27-37(31-17-10-8-11-18-31)47-38-25-34(56-6)23-24-36(38)40/h8-13,17-18,21-25,27,29-30,32,35,39,41-42H,7,14-16,19-20,26,28H2,1-6H3,(H,48,52)(H,49,54)/t30-,35+,39-,41?,42+,61?/m0/s1. The fourth-order valence-corrected chi connectivity index (χ4v) is 9.83. The van der Waals surface area contributed by atoms with Crippen molar-refractivity contribution in [3.05, 3.63) is 84.9 Å².